The summed E-state index contributed by atoms with van der Waals surface area (Å²) >= 11 is 4.67. The van der Waals surface area contributed by atoms with Crippen LogP contribution in [0.5, 0.6) is 0 Å². The van der Waals surface area contributed by atoms with Gasteiger partial charge in [0.1, 0.15) is 0 Å². The molecular weight excluding hydrogens is 398 g/mol. The molecule has 0 spiro atoms. The van der Waals surface area contributed by atoms with Crippen molar-refractivity contribution in [2.24, 2.45) is 0 Å². The number of allylic oxidation sites excluding steroid dienone is 4. The van der Waals surface area contributed by atoms with Crippen LogP contribution in [0.3, 0.4) is 0 Å². The molecule has 0 aliphatic carbocycles. The van der Waals surface area contributed by atoms with Gasteiger partial charge in [0.15, 0.2) is 0 Å². The maximum absolute atomic E-state index is 4.67. The van der Waals surface area contributed by atoms with Crippen LogP contribution in [0.1, 0.15) is 90.4 Å². The molecule has 166 valence electrons. The van der Waals surface area contributed by atoms with E-state index in [1.807, 2.05) is 21.6 Å². The van der Waals surface area contributed by atoms with E-state index in [-0.39, 0.29) is 0 Å². The topological polar surface area (TPSA) is 3.24 Å². The third kappa shape index (κ3) is 24.5. The van der Waals surface area contributed by atoms with Crippen LogP contribution in [0.4, 0.5) is 0 Å². The Morgan fingerprint density at radius 2 is 1.39 bits per heavy atom. The minimum Gasteiger partial charge on any atom is -0.309 e. The number of thiol groups is 1. The van der Waals surface area contributed by atoms with Gasteiger partial charge in [0, 0.05) is 16.8 Å². The Bertz CT molecular complexity index is 356. The standard InChI is InChI=1S/C24H47NS3/c1-4-5-6-7-8-9-10-11-12-13-14-15-16-17-18-19-22-27-28-23-24(26)20-21-25(2)3/h8-9,11-12,24,26H,4-7,10,13-23H2,1-3H3/b9-8-,12-11-. The summed E-state index contributed by atoms with van der Waals surface area (Å²) in [6.07, 6.45) is 26.6. The second-order valence-electron chi connectivity index (χ2n) is 7.94. The van der Waals surface area contributed by atoms with Gasteiger partial charge in [-0.25, -0.2) is 0 Å². The molecule has 0 aromatic rings. The Balaban J connectivity index is 3.20. The van der Waals surface area contributed by atoms with Crippen LogP contribution in [0.25, 0.3) is 0 Å². The molecular formula is C24H47NS3. The third-order valence-electron chi connectivity index (χ3n) is 4.68. The summed E-state index contributed by atoms with van der Waals surface area (Å²) in [5, 5.41) is 0.538. The van der Waals surface area contributed by atoms with E-state index < -0.39 is 0 Å². The molecule has 1 unspecified atom stereocenters. The molecule has 1 nitrogen and oxygen atoms in total. The van der Waals surface area contributed by atoms with Gasteiger partial charge in [0.25, 0.3) is 0 Å². The quantitative estimate of drug-likeness (QED) is 0.0817. The van der Waals surface area contributed by atoms with Crippen molar-refractivity contribution in [2.45, 2.75) is 95.6 Å². The van der Waals surface area contributed by atoms with E-state index in [0.717, 1.165) is 13.0 Å². The SMILES string of the molecule is CCCCC/C=C\C/C=C\CCCCCCCCSSCC(S)CCN(C)C. The van der Waals surface area contributed by atoms with E-state index in [2.05, 4.69) is 62.9 Å². The highest BCUT2D eigenvalue weighted by Gasteiger charge is 2.04. The fourth-order valence-electron chi connectivity index (χ4n) is 2.83. The molecule has 0 aromatic heterocycles. The summed E-state index contributed by atoms with van der Waals surface area (Å²) in [4.78, 5) is 2.24. The van der Waals surface area contributed by atoms with Crippen LogP contribution in [-0.2, 0) is 0 Å². The van der Waals surface area contributed by atoms with Crippen molar-refractivity contribution in [1.29, 1.82) is 0 Å². The monoisotopic (exact) mass is 445 g/mol. The Hall–Kier alpha value is 0.490. The molecule has 0 amide bonds. The first-order chi connectivity index (χ1) is 13.7. The van der Waals surface area contributed by atoms with Crippen LogP contribution in [0.2, 0.25) is 0 Å². The van der Waals surface area contributed by atoms with E-state index >= 15 is 0 Å². The first kappa shape index (κ1) is 28.5. The minimum absolute atomic E-state index is 0.538. The first-order valence-corrected chi connectivity index (χ1v) is 14.5. The van der Waals surface area contributed by atoms with Gasteiger partial charge in [0.2, 0.25) is 0 Å². The van der Waals surface area contributed by atoms with Gasteiger partial charge in [0.05, 0.1) is 0 Å². The van der Waals surface area contributed by atoms with Crippen molar-refractivity contribution < 1.29 is 0 Å². The number of hydrogen-bond acceptors (Lipinski definition) is 4. The highest BCUT2D eigenvalue weighted by molar-refractivity contribution is 8.76. The van der Waals surface area contributed by atoms with Crippen molar-refractivity contribution in [3.63, 3.8) is 0 Å². The summed E-state index contributed by atoms with van der Waals surface area (Å²) in [6, 6.07) is 0. The van der Waals surface area contributed by atoms with E-state index in [4.69, 9.17) is 0 Å². The lowest BCUT2D eigenvalue weighted by Crippen LogP contribution is -2.17. The lowest BCUT2D eigenvalue weighted by atomic mass is 10.1. The molecule has 28 heavy (non-hydrogen) atoms. The van der Waals surface area contributed by atoms with Crippen LogP contribution < -0.4 is 0 Å². The summed E-state index contributed by atoms with van der Waals surface area (Å²) in [5.74, 6) is 2.47. The zero-order chi connectivity index (χ0) is 20.7. The van der Waals surface area contributed by atoms with Gasteiger partial charge in [-0.05, 0) is 65.6 Å². The van der Waals surface area contributed by atoms with Crippen molar-refractivity contribution in [2.75, 3.05) is 32.1 Å². The average Bonchev–Trinajstić information content (AvgIpc) is 2.68. The van der Waals surface area contributed by atoms with Crippen molar-refractivity contribution in [3.8, 4) is 0 Å². The second-order valence-corrected chi connectivity index (χ2v) is 11.3. The zero-order valence-corrected chi connectivity index (χ0v) is 21.4. The fourth-order valence-corrected chi connectivity index (χ4v) is 5.82. The largest absolute Gasteiger partial charge is 0.309 e. The fraction of sp³-hybridized carbons (Fsp3) is 0.833. The molecule has 0 rings (SSSR count). The van der Waals surface area contributed by atoms with Crippen molar-refractivity contribution in [1.82, 2.24) is 4.90 Å². The lowest BCUT2D eigenvalue weighted by Gasteiger charge is -2.13. The van der Waals surface area contributed by atoms with E-state index in [1.165, 1.54) is 88.6 Å². The van der Waals surface area contributed by atoms with Crippen LogP contribution >= 0.6 is 34.2 Å². The molecule has 0 N–H and O–H groups in total. The van der Waals surface area contributed by atoms with Crippen molar-refractivity contribution >= 4 is 34.2 Å². The normalized spacial score (nSPS) is 13.3. The number of nitrogens with zero attached hydrogens (tertiary/aromatic N) is 1. The summed E-state index contributed by atoms with van der Waals surface area (Å²) in [6.45, 7) is 3.41. The molecule has 0 bridgehead atoms. The average molecular weight is 446 g/mol. The number of hydrogen-bond donors (Lipinski definition) is 1. The summed E-state index contributed by atoms with van der Waals surface area (Å²) < 4.78 is 0. The summed E-state index contributed by atoms with van der Waals surface area (Å²) in [7, 11) is 8.32. The molecule has 0 aliphatic rings. The molecule has 0 radical (unpaired) electrons. The molecule has 4 heteroatoms. The first-order valence-electron chi connectivity index (χ1n) is 11.5. The second kappa shape index (κ2) is 23.8. The Labute approximate surface area is 190 Å². The van der Waals surface area contributed by atoms with Crippen LogP contribution in [0, 0.1) is 0 Å². The van der Waals surface area contributed by atoms with Gasteiger partial charge in [-0.3, -0.25) is 0 Å². The number of unbranched alkanes of at least 4 members (excludes halogenated alkanes) is 9. The molecule has 0 aromatic carbocycles. The van der Waals surface area contributed by atoms with Gasteiger partial charge in [-0.2, -0.15) is 12.6 Å². The Morgan fingerprint density at radius 1 is 0.786 bits per heavy atom. The molecule has 0 fully saturated rings. The molecule has 0 heterocycles. The summed E-state index contributed by atoms with van der Waals surface area (Å²) in [5.41, 5.74) is 0. The van der Waals surface area contributed by atoms with Crippen LogP contribution in [0.15, 0.2) is 24.3 Å². The predicted octanol–water partition coefficient (Wildman–Crippen LogP) is 8.43. The van der Waals surface area contributed by atoms with Gasteiger partial charge >= 0.3 is 0 Å². The Morgan fingerprint density at radius 3 is 2.04 bits per heavy atom. The molecule has 0 aliphatic heterocycles. The molecule has 0 saturated heterocycles. The maximum Gasteiger partial charge on any atom is 0.0154 e. The van der Waals surface area contributed by atoms with Gasteiger partial charge in [-0.15, -0.1) is 0 Å². The smallest absolute Gasteiger partial charge is 0.0154 e. The number of rotatable bonds is 21. The highest BCUT2D eigenvalue weighted by atomic mass is 33.1. The molecule has 1 atom stereocenters. The van der Waals surface area contributed by atoms with E-state index in [9.17, 15) is 0 Å². The highest BCUT2D eigenvalue weighted by Crippen LogP contribution is 2.26. The van der Waals surface area contributed by atoms with Crippen molar-refractivity contribution in [3.05, 3.63) is 24.3 Å². The Kier molecular flexibility index (Phi) is 24.2. The molecule has 0 saturated carbocycles. The minimum atomic E-state index is 0.538. The third-order valence-corrected chi connectivity index (χ3v) is 7.94. The van der Waals surface area contributed by atoms with E-state index in [1.54, 1.807) is 0 Å². The van der Waals surface area contributed by atoms with Crippen LogP contribution in [-0.4, -0.2) is 42.3 Å². The lowest BCUT2D eigenvalue weighted by molar-refractivity contribution is 0.401. The van der Waals surface area contributed by atoms with Gasteiger partial charge in [-0.1, -0.05) is 91.3 Å². The van der Waals surface area contributed by atoms with E-state index in [0.29, 0.717) is 5.25 Å². The predicted molar refractivity (Wildman–Crippen MR) is 140 cm³/mol. The zero-order valence-electron chi connectivity index (χ0n) is 18.9. The maximum atomic E-state index is 4.67. The van der Waals surface area contributed by atoms with Gasteiger partial charge < -0.3 is 4.90 Å².